The molecule has 17 heavy (non-hydrogen) atoms. The normalized spacial score (nSPS) is 16.4. The second kappa shape index (κ2) is 5.22. The van der Waals surface area contributed by atoms with Gasteiger partial charge in [-0.3, -0.25) is 0 Å². The molecule has 1 aliphatic heterocycles. The molecule has 1 fully saturated rings. The molecule has 0 unspecified atom stereocenters. The fourth-order valence-corrected chi connectivity index (χ4v) is 2.25. The Morgan fingerprint density at radius 1 is 1.18 bits per heavy atom. The molecule has 90 valence electrons. The summed E-state index contributed by atoms with van der Waals surface area (Å²) in [7, 11) is 0. The van der Waals surface area contributed by atoms with Crippen LogP contribution in [-0.2, 0) is 0 Å². The van der Waals surface area contributed by atoms with E-state index in [1.54, 1.807) is 0 Å². The Kier molecular flexibility index (Phi) is 3.68. The van der Waals surface area contributed by atoms with Crippen LogP contribution in [0.15, 0.2) is 37.0 Å². The molecule has 0 amide bonds. The van der Waals surface area contributed by atoms with Gasteiger partial charge in [0.05, 0.1) is 0 Å². The second-order valence-corrected chi connectivity index (χ2v) is 4.92. The zero-order valence-corrected chi connectivity index (χ0v) is 10.9. The second-order valence-electron chi connectivity index (χ2n) is 4.92. The molecule has 0 aromatic heterocycles. The molecule has 1 aromatic carbocycles. The van der Waals surface area contributed by atoms with E-state index in [0.29, 0.717) is 0 Å². The van der Waals surface area contributed by atoms with Crippen LogP contribution in [0.2, 0.25) is 0 Å². The SMILES string of the molecule is C=C(C)c1cccc(C(C)=CN2CCCC2)c1. The summed E-state index contributed by atoms with van der Waals surface area (Å²) in [5.74, 6) is 0. The van der Waals surface area contributed by atoms with Gasteiger partial charge in [-0.05, 0) is 49.5 Å². The number of allylic oxidation sites excluding steroid dienone is 2. The van der Waals surface area contributed by atoms with Crippen molar-refractivity contribution in [2.24, 2.45) is 0 Å². The average Bonchev–Trinajstić information content (AvgIpc) is 2.82. The van der Waals surface area contributed by atoms with Gasteiger partial charge in [0.25, 0.3) is 0 Å². The summed E-state index contributed by atoms with van der Waals surface area (Å²) in [5.41, 5.74) is 5.00. The Labute approximate surface area is 104 Å². The smallest absolute Gasteiger partial charge is 0.0173 e. The third kappa shape index (κ3) is 3.00. The van der Waals surface area contributed by atoms with Crippen LogP contribution in [0.1, 0.15) is 37.8 Å². The third-order valence-corrected chi connectivity index (χ3v) is 3.33. The third-order valence-electron chi connectivity index (χ3n) is 3.33. The Bertz CT molecular complexity index is 437. The van der Waals surface area contributed by atoms with Gasteiger partial charge in [-0.2, -0.15) is 0 Å². The Morgan fingerprint density at radius 3 is 2.47 bits per heavy atom. The van der Waals surface area contributed by atoms with E-state index in [1.807, 2.05) is 0 Å². The van der Waals surface area contributed by atoms with Crippen molar-refractivity contribution < 1.29 is 0 Å². The van der Waals surface area contributed by atoms with Crippen molar-refractivity contribution in [2.75, 3.05) is 13.1 Å². The van der Waals surface area contributed by atoms with Crippen molar-refractivity contribution in [3.63, 3.8) is 0 Å². The Balaban J connectivity index is 2.20. The summed E-state index contributed by atoms with van der Waals surface area (Å²) < 4.78 is 0. The van der Waals surface area contributed by atoms with E-state index >= 15 is 0 Å². The van der Waals surface area contributed by atoms with Crippen LogP contribution >= 0.6 is 0 Å². The minimum Gasteiger partial charge on any atom is -0.377 e. The zero-order valence-electron chi connectivity index (χ0n) is 10.9. The molecule has 1 aliphatic rings. The van der Waals surface area contributed by atoms with Crippen molar-refractivity contribution in [2.45, 2.75) is 26.7 Å². The van der Waals surface area contributed by atoms with E-state index in [-0.39, 0.29) is 0 Å². The molecule has 0 radical (unpaired) electrons. The fourth-order valence-electron chi connectivity index (χ4n) is 2.25. The zero-order chi connectivity index (χ0) is 12.3. The topological polar surface area (TPSA) is 3.24 Å². The largest absolute Gasteiger partial charge is 0.377 e. The maximum absolute atomic E-state index is 4.00. The first-order valence-corrected chi connectivity index (χ1v) is 6.35. The summed E-state index contributed by atoms with van der Waals surface area (Å²) in [6.45, 7) is 10.7. The van der Waals surface area contributed by atoms with Crippen LogP contribution in [0.5, 0.6) is 0 Å². The molecule has 0 saturated carbocycles. The van der Waals surface area contributed by atoms with Crippen LogP contribution in [0.4, 0.5) is 0 Å². The molecule has 0 bridgehead atoms. The average molecular weight is 227 g/mol. The minimum absolute atomic E-state index is 1.13. The molecular weight excluding hydrogens is 206 g/mol. The highest BCUT2D eigenvalue weighted by atomic mass is 15.1. The molecule has 1 heteroatoms. The first-order chi connectivity index (χ1) is 8.16. The monoisotopic (exact) mass is 227 g/mol. The van der Waals surface area contributed by atoms with Gasteiger partial charge in [0, 0.05) is 19.3 Å². The highest BCUT2D eigenvalue weighted by molar-refractivity contribution is 5.69. The predicted molar refractivity (Wildman–Crippen MR) is 75.6 cm³/mol. The number of benzene rings is 1. The Hall–Kier alpha value is -1.50. The van der Waals surface area contributed by atoms with Gasteiger partial charge in [0.2, 0.25) is 0 Å². The summed E-state index contributed by atoms with van der Waals surface area (Å²) in [4.78, 5) is 2.42. The molecule has 0 atom stereocenters. The summed E-state index contributed by atoms with van der Waals surface area (Å²) >= 11 is 0. The first-order valence-electron chi connectivity index (χ1n) is 6.35. The van der Waals surface area contributed by atoms with E-state index in [9.17, 15) is 0 Å². The van der Waals surface area contributed by atoms with Crippen LogP contribution < -0.4 is 0 Å². The molecule has 2 rings (SSSR count). The molecule has 1 heterocycles. The maximum atomic E-state index is 4.00. The van der Waals surface area contributed by atoms with Crippen LogP contribution in [-0.4, -0.2) is 18.0 Å². The van der Waals surface area contributed by atoms with Crippen LogP contribution in [0.3, 0.4) is 0 Å². The minimum atomic E-state index is 1.13. The van der Waals surface area contributed by atoms with Gasteiger partial charge in [0.1, 0.15) is 0 Å². The van der Waals surface area contributed by atoms with Crippen molar-refractivity contribution in [3.05, 3.63) is 48.2 Å². The number of hydrogen-bond acceptors (Lipinski definition) is 1. The molecule has 0 spiro atoms. The van der Waals surface area contributed by atoms with Gasteiger partial charge < -0.3 is 4.90 Å². The first kappa shape index (κ1) is 12.0. The van der Waals surface area contributed by atoms with Crippen molar-refractivity contribution in [1.82, 2.24) is 4.90 Å². The number of likely N-dealkylation sites (tertiary alicyclic amines) is 1. The lowest BCUT2D eigenvalue weighted by atomic mass is 10.0. The van der Waals surface area contributed by atoms with E-state index < -0.39 is 0 Å². The van der Waals surface area contributed by atoms with Crippen molar-refractivity contribution in [1.29, 1.82) is 0 Å². The van der Waals surface area contributed by atoms with Crippen LogP contribution in [0.25, 0.3) is 11.1 Å². The maximum Gasteiger partial charge on any atom is 0.0173 e. The highest BCUT2D eigenvalue weighted by Crippen LogP contribution is 2.21. The lowest BCUT2D eigenvalue weighted by Crippen LogP contribution is -2.11. The Morgan fingerprint density at radius 2 is 1.82 bits per heavy atom. The lowest BCUT2D eigenvalue weighted by molar-refractivity contribution is 0.469. The van der Waals surface area contributed by atoms with E-state index in [4.69, 9.17) is 0 Å². The number of hydrogen-bond donors (Lipinski definition) is 0. The summed E-state index contributed by atoms with van der Waals surface area (Å²) in [6, 6.07) is 8.63. The summed E-state index contributed by atoms with van der Waals surface area (Å²) in [5, 5.41) is 0. The fraction of sp³-hybridized carbons (Fsp3) is 0.375. The summed E-state index contributed by atoms with van der Waals surface area (Å²) in [6.07, 6.45) is 4.95. The van der Waals surface area contributed by atoms with Crippen molar-refractivity contribution >= 4 is 11.1 Å². The predicted octanol–water partition coefficient (Wildman–Crippen LogP) is 4.18. The van der Waals surface area contributed by atoms with Crippen LogP contribution in [0, 0.1) is 0 Å². The molecule has 0 aliphatic carbocycles. The number of nitrogens with zero attached hydrogens (tertiary/aromatic N) is 1. The quantitative estimate of drug-likeness (QED) is 0.749. The van der Waals surface area contributed by atoms with Gasteiger partial charge in [-0.1, -0.05) is 30.4 Å². The number of rotatable bonds is 3. The highest BCUT2D eigenvalue weighted by Gasteiger charge is 2.08. The molecule has 1 saturated heterocycles. The van der Waals surface area contributed by atoms with E-state index in [1.165, 1.54) is 42.6 Å². The molecule has 1 nitrogen and oxygen atoms in total. The molecular formula is C16H21N. The van der Waals surface area contributed by atoms with E-state index in [2.05, 4.69) is 55.8 Å². The molecule has 0 N–H and O–H groups in total. The van der Waals surface area contributed by atoms with Gasteiger partial charge in [-0.25, -0.2) is 0 Å². The van der Waals surface area contributed by atoms with Gasteiger partial charge in [0.15, 0.2) is 0 Å². The van der Waals surface area contributed by atoms with Gasteiger partial charge >= 0.3 is 0 Å². The van der Waals surface area contributed by atoms with Gasteiger partial charge in [-0.15, -0.1) is 0 Å². The van der Waals surface area contributed by atoms with Crippen molar-refractivity contribution in [3.8, 4) is 0 Å². The molecule has 1 aromatic rings. The van der Waals surface area contributed by atoms with E-state index in [0.717, 1.165) is 5.57 Å². The standard InChI is InChI=1S/C16H21N/c1-13(2)15-7-6-8-16(11-15)14(3)12-17-9-4-5-10-17/h6-8,11-12H,1,4-5,9-10H2,2-3H3. The lowest BCUT2D eigenvalue weighted by Gasteiger charge is -2.14.